The van der Waals surface area contributed by atoms with Crippen LogP contribution in [-0.2, 0) is 6.18 Å². The fraction of sp³-hybridized carbons (Fsp3) is 0.400. The zero-order valence-electron chi connectivity index (χ0n) is 8.61. The Morgan fingerprint density at radius 2 is 2.00 bits per heavy atom. The number of alkyl halides is 3. The maximum Gasteiger partial charge on any atom is 0.419 e. The van der Waals surface area contributed by atoms with Crippen molar-refractivity contribution in [3.63, 3.8) is 0 Å². The normalized spacial score (nSPS) is 13.9. The van der Waals surface area contributed by atoms with Crippen molar-refractivity contribution in [2.24, 2.45) is 5.84 Å². The maximum absolute atomic E-state index is 13.6. The van der Waals surface area contributed by atoms with E-state index in [4.69, 9.17) is 5.84 Å². The zero-order valence-corrected chi connectivity index (χ0v) is 8.61. The van der Waals surface area contributed by atoms with E-state index in [0.29, 0.717) is 12.5 Å². The van der Waals surface area contributed by atoms with Crippen LogP contribution in [0.5, 0.6) is 0 Å². The van der Waals surface area contributed by atoms with Crippen molar-refractivity contribution in [1.82, 2.24) is 5.43 Å². The third-order valence-electron chi connectivity index (χ3n) is 2.32. The number of benzene rings is 1. The minimum Gasteiger partial charge on any atom is -0.271 e. The van der Waals surface area contributed by atoms with E-state index in [0.717, 1.165) is 0 Å². The summed E-state index contributed by atoms with van der Waals surface area (Å²) in [5, 5.41) is 0. The fourth-order valence-electron chi connectivity index (χ4n) is 1.47. The van der Waals surface area contributed by atoms with Gasteiger partial charge in [0.25, 0.3) is 0 Å². The Labute approximate surface area is 90.4 Å². The summed E-state index contributed by atoms with van der Waals surface area (Å²) in [7, 11) is 0. The predicted molar refractivity (Wildman–Crippen MR) is 51.8 cm³/mol. The molecule has 0 bridgehead atoms. The number of halogens is 4. The second-order valence-electron chi connectivity index (χ2n) is 3.33. The van der Waals surface area contributed by atoms with Gasteiger partial charge in [0.15, 0.2) is 0 Å². The number of rotatable bonds is 3. The summed E-state index contributed by atoms with van der Waals surface area (Å²) in [5.74, 6) is 3.88. The molecule has 1 aromatic rings. The van der Waals surface area contributed by atoms with E-state index in [1.54, 1.807) is 6.92 Å². The minimum atomic E-state index is -4.69. The van der Waals surface area contributed by atoms with E-state index in [1.165, 1.54) is 12.1 Å². The van der Waals surface area contributed by atoms with Crippen LogP contribution in [0.1, 0.15) is 30.5 Å². The van der Waals surface area contributed by atoms with Crippen LogP contribution in [-0.4, -0.2) is 0 Å². The first kappa shape index (κ1) is 12.9. The first-order chi connectivity index (χ1) is 7.41. The Kier molecular flexibility index (Phi) is 3.88. The Hall–Kier alpha value is -1.14. The molecule has 1 rings (SSSR count). The molecule has 2 nitrogen and oxygen atoms in total. The van der Waals surface area contributed by atoms with Crippen LogP contribution < -0.4 is 11.3 Å². The van der Waals surface area contributed by atoms with Crippen molar-refractivity contribution in [3.05, 3.63) is 35.1 Å². The second-order valence-corrected chi connectivity index (χ2v) is 3.33. The highest BCUT2D eigenvalue weighted by Crippen LogP contribution is 2.34. The number of hydrazine groups is 1. The number of hydrogen-bond acceptors (Lipinski definition) is 2. The molecule has 0 aliphatic carbocycles. The molecule has 1 atom stereocenters. The first-order valence-electron chi connectivity index (χ1n) is 4.73. The highest BCUT2D eigenvalue weighted by Gasteiger charge is 2.35. The van der Waals surface area contributed by atoms with Crippen molar-refractivity contribution in [1.29, 1.82) is 0 Å². The number of nitrogens with two attached hydrogens (primary N) is 1. The highest BCUT2D eigenvalue weighted by atomic mass is 19.4. The molecular weight excluding hydrogens is 224 g/mol. The quantitative estimate of drug-likeness (QED) is 0.481. The summed E-state index contributed by atoms with van der Waals surface area (Å²) in [6, 6.07) is 2.55. The summed E-state index contributed by atoms with van der Waals surface area (Å²) >= 11 is 0. The Balaban J connectivity index is 3.23. The molecule has 3 N–H and O–H groups in total. The van der Waals surface area contributed by atoms with Gasteiger partial charge < -0.3 is 0 Å². The molecule has 0 aliphatic heterocycles. The lowest BCUT2D eigenvalue weighted by atomic mass is 10.0. The SMILES string of the molecule is CC[C@H](NN)c1cccc(C(F)(F)F)c1F. The molecule has 16 heavy (non-hydrogen) atoms. The molecule has 0 radical (unpaired) electrons. The first-order valence-corrected chi connectivity index (χ1v) is 4.73. The van der Waals surface area contributed by atoms with Crippen LogP contribution in [0, 0.1) is 5.82 Å². The average Bonchev–Trinajstić information content (AvgIpc) is 2.20. The monoisotopic (exact) mass is 236 g/mol. The second kappa shape index (κ2) is 4.80. The lowest BCUT2D eigenvalue weighted by Crippen LogP contribution is -2.28. The van der Waals surface area contributed by atoms with Crippen molar-refractivity contribution >= 4 is 0 Å². The molecule has 0 spiro atoms. The van der Waals surface area contributed by atoms with Gasteiger partial charge in [-0.2, -0.15) is 13.2 Å². The molecule has 6 heteroatoms. The van der Waals surface area contributed by atoms with Crippen LogP contribution in [0.3, 0.4) is 0 Å². The molecule has 0 fully saturated rings. The minimum absolute atomic E-state index is 0.0696. The van der Waals surface area contributed by atoms with Gasteiger partial charge in [-0.05, 0) is 12.5 Å². The van der Waals surface area contributed by atoms with Gasteiger partial charge >= 0.3 is 6.18 Å². The molecule has 1 aromatic carbocycles. The van der Waals surface area contributed by atoms with Gasteiger partial charge in [-0.25, -0.2) is 4.39 Å². The Morgan fingerprint density at radius 3 is 2.44 bits per heavy atom. The average molecular weight is 236 g/mol. The molecule has 0 amide bonds. The van der Waals surface area contributed by atoms with Gasteiger partial charge in [-0.3, -0.25) is 11.3 Å². The van der Waals surface area contributed by atoms with E-state index >= 15 is 0 Å². The molecule has 0 aromatic heterocycles. The van der Waals surface area contributed by atoms with E-state index in [1.807, 2.05) is 0 Å². The lowest BCUT2D eigenvalue weighted by molar-refractivity contribution is -0.140. The van der Waals surface area contributed by atoms with Crippen molar-refractivity contribution in [2.75, 3.05) is 0 Å². The Bertz CT molecular complexity index is 358. The third-order valence-corrected chi connectivity index (χ3v) is 2.32. The summed E-state index contributed by atoms with van der Waals surface area (Å²) in [6.07, 6.45) is -4.29. The van der Waals surface area contributed by atoms with E-state index < -0.39 is 23.6 Å². The van der Waals surface area contributed by atoms with E-state index in [-0.39, 0.29) is 5.56 Å². The van der Waals surface area contributed by atoms with Crippen molar-refractivity contribution < 1.29 is 17.6 Å². The highest BCUT2D eigenvalue weighted by molar-refractivity contribution is 5.30. The van der Waals surface area contributed by atoms with Crippen molar-refractivity contribution in [3.8, 4) is 0 Å². The topological polar surface area (TPSA) is 38.0 Å². The van der Waals surface area contributed by atoms with Gasteiger partial charge in [0.2, 0.25) is 0 Å². The van der Waals surface area contributed by atoms with Gasteiger partial charge in [-0.15, -0.1) is 0 Å². The summed E-state index contributed by atoms with van der Waals surface area (Å²) in [5.41, 5.74) is 0.945. The van der Waals surface area contributed by atoms with Gasteiger partial charge in [0.1, 0.15) is 5.82 Å². The molecular formula is C10H12F4N2. The smallest absolute Gasteiger partial charge is 0.271 e. The van der Waals surface area contributed by atoms with Crippen molar-refractivity contribution in [2.45, 2.75) is 25.6 Å². The van der Waals surface area contributed by atoms with Gasteiger partial charge in [0.05, 0.1) is 5.56 Å². The summed E-state index contributed by atoms with van der Waals surface area (Å²) < 4.78 is 50.8. The molecule has 0 saturated carbocycles. The van der Waals surface area contributed by atoms with E-state index in [9.17, 15) is 17.6 Å². The number of nitrogens with one attached hydrogen (secondary N) is 1. The van der Waals surface area contributed by atoms with Crippen LogP contribution >= 0.6 is 0 Å². The molecule has 0 unspecified atom stereocenters. The molecule has 90 valence electrons. The zero-order chi connectivity index (χ0) is 12.3. The molecule has 0 aliphatic rings. The van der Waals surface area contributed by atoms with Gasteiger partial charge in [0, 0.05) is 11.6 Å². The number of hydrogen-bond donors (Lipinski definition) is 2. The van der Waals surface area contributed by atoms with Crippen LogP contribution in [0.15, 0.2) is 18.2 Å². The van der Waals surface area contributed by atoms with Crippen LogP contribution in [0.4, 0.5) is 17.6 Å². The third kappa shape index (κ3) is 2.51. The lowest BCUT2D eigenvalue weighted by Gasteiger charge is -2.17. The van der Waals surface area contributed by atoms with Crippen LogP contribution in [0.2, 0.25) is 0 Å². The Morgan fingerprint density at radius 1 is 1.38 bits per heavy atom. The molecule has 0 heterocycles. The standard InChI is InChI=1S/C10H12F4N2/c1-2-8(16-15)6-4-3-5-7(9(6)11)10(12,13)14/h3-5,8,16H,2,15H2,1H3/t8-/m0/s1. The molecule has 0 saturated heterocycles. The maximum atomic E-state index is 13.6. The van der Waals surface area contributed by atoms with Crippen LogP contribution in [0.25, 0.3) is 0 Å². The summed E-state index contributed by atoms with van der Waals surface area (Å²) in [6.45, 7) is 1.70. The fourth-order valence-corrected chi connectivity index (χ4v) is 1.47. The van der Waals surface area contributed by atoms with E-state index in [2.05, 4.69) is 5.43 Å². The van der Waals surface area contributed by atoms with Gasteiger partial charge in [-0.1, -0.05) is 19.1 Å². The summed E-state index contributed by atoms with van der Waals surface area (Å²) in [4.78, 5) is 0. The predicted octanol–water partition coefficient (Wildman–Crippen LogP) is 2.76. The largest absolute Gasteiger partial charge is 0.419 e.